The molecule has 2 N–H and O–H groups in total. The maximum Gasteiger partial charge on any atom is 1.00 e. The number of benzene rings is 4. The van der Waals surface area contributed by atoms with Crippen molar-refractivity contribution < 1.29 is 70.4 Å². The molecule has 0 atom stereocenters. The second kappa shape index (κ2) is 14.7. The van der Waals surface area contributed by atoms with Crippen LogP contribution in [0.1, 0.15) is 0 Å². The first-order valence-corrected chi connectivity index (χ1v) is 14.6. The monoisotopic (exact) mass is 642 g/mol. The van der Waals surface area contributed by atoms with E-state index in [0.29, 0.717) is 32.9 Å². The summed E-state index contributed by atoms with van der Waals surface area (Å²) in [5.74, 6) is -0.638. The molecule has 18 heteroatoms. The Morgan fingerprint density at radius 2 is 1.59 bits per heavy atom. The molecule has 14 nitrogen and oxygen atoms in total. The zero-order valence-corrected chi connectivity index (χ0v) is 25.6. The first kappa shape index (κ1) is 35.0. The van der Waals surface area contributed by atoms with Crippen LogP contribution in [0, 0.1) is 0 Å². The van der Waals surface area contributed by atoms with Crippen LogP contribution in [-0.4, -0.2) is 28.0 Å². The molecule has 4 aromatic carbocycles. The van der Waals surface area contributed by atoms with Gasteiger partial charge in [0.1, 0.15) is 15.8 Å². The van der Waals surface area contributed by atoms with Crippen LogP contribution in [0.25, 0.3) is 32.6 Å². The average Bonchev–Trinajstić information content (AvgIpc) is 3.02. The molecule has 0 unspecified atom stereocenters. The molecule has 46 heavy (non-hydrogen) atoms. The van der Waals surface area contributed by atoms with E-state index in [1.54, 1.807) is 42.6 Å². The summed E-state index contributed by atoms with van der Waals surface area (Å²) >= 11 is 0.796. The molecule has 6 aromatic rings. The topological polar surface area (TPSA) is 214 Å². The second-order valence-corrected chi connectivity index (χ2v) is 11.3. The van der Waals surface area contributed by atoms with Gasteiger partial charge in [0.2, 0.25) is 0 Å². The van der Waals surface area contributed by atoms with Gasteiger partial charge in [-0.05, 0) is 77.5 Å². The van der Waals surface area contributed by atoms with Crippen LogP contribution >= 0.6 is 12.0 Å². The normalized spacial score (nSPS) is 11.8. The number of rotatable bonds is 8. The van der Waals surface area contributed by atoms with E-state index in [1.807, 2.05) is 24.3 Å². The van der Waals surface area contributed by atoms with Crippen molar-refractivity contribution in [1.29, 1.82) is 0 Å². The summed E-state index contributed by atoms with van der Waals surface area (Å²) in [4.78, 5) is 19.6. The van der Waals surface area contributed by atoms with Gasteiger partial charge in [0.15, 0.2) is 11.4 Å². The van der Waals surface area contributed by atoms with Gasteiger partial charge >= 0.3 is 37.7 Å². The zero-order chi connectivity index (χ0) is 30.8. The van der Waals surface area contributed by atoms with Crippen molar-refractivity contribution in [2.75, 3.05) is 0 Å². The number of hydrogen-bond acceptors (Lipinski definition) is 14. The number of azo groups is 2. The Bertz CT molecular complexity index is 2320. The first-order valence-electron chi connectivity index (χ1n) is 12.4. The number of aromatic hydroxyl groups is 1. The third-order valence-electron chi connectivity index (χ3n) is 6.43. The Hall–Kier alpha value is -3.91. The number of aromatic amines is 1. The molecule has 0 aliphatic heterocycles. The second-order valence-electron chi connectivity index (χ2n) is 9.13. The van der Waals surface area contributed by atoms with Crippen molar-refractivity contribution in [3.8, 4) is 5.75 Å². The number of fused-ring (bicyclic) bond motifs is 3. The van der Waals surface area contributed by atoms with Gasteiger partial charge in [-0.2, -0.15) is 9.45 Å². The van der Waals surface area contributed by atoms with Gasteiger partial charge in [-0.1, -0.05) is 12.1 Å². The third kappa shape index (κ3) is 7.38. The largest absolute Gasteiger partial charge is 1.00 e. The molecule has 0 spiro atoms. The molecule has 0 saturated carbocycles. The molecule has 6 rings (SSSR count). The standard InChI is InChI=1S/C28H18N6O8S2.2Li/c35-27-21-14-19(44(38,39)40)7-8-22(21)30-28(36)26(27)34-32-23-9-10-24(25-20(23)2-1-11-29-25)33-31-17-5-3-16-13-18(43-42-41-37)6-4-15(16)12-17;;/h1-14,37H,(H2,30,35,36)(H,38,39,40);;/q;2*+1/p-2. The van der Waals surface area contributed by atoms with Crippen LogP contribution in [0.3, 0.4) is 0 Å². The van der Waals surface area contributed by atoms with E-state index >= 15 is 0 Å². The zero-order valence-electron chi connectivity index (χ0n) is 23.9. The van der Waals surface area contributed by atoms with Crippen molar-refractivity contribution in [2.45, 2.75) is 9.79 Å². The predicted octanol–water partition coefficient (Wildman–Crippen LogP) is -0.0914. The van der Waals surface area contributed by atoms with Gasteiger partial charge in [-0.25, -0.2) is 8.42 Å². The van der Waals surface area contributed by atoms with Crippen LogP contribution in [0.2, 0.25) is 0 Å². The SMILES string of the molecule is O=c1[nH]c2ccc(S(=O)(=O)[O-])cc2c(O)c1N=Nc1ccc(N=Nc2ccc3cc(SOO[O-])ccc3c2)c2ncccc12.[Li+].[Li+]. The Morgan fingerprint density at radius 1 is 0.848 bits per heavy atom. The Labute approximate surface area is 287 Å². The van der Waals surface area contributed by atoms with Gasteiger partial charge in [-0.15, -0.1) is 15.3 Å². The van der Waals surface area contributed by atoms with Crippen LogP contribution in [0.4, 0.5) is 22.7 Å². The van der Waals surface area contributed by atoms with E-state index < -0.39 is 32.0 Å². The van der Waals surface area contributed by atoms with E-state index in [1.165, 1.54) is 6.07 Å². The Kier molecular flexibility index (Phi) is 11.2. The molecule has 0 amide bonds. The number of pyridine rings is 2. The summed E-state index contributed by atoms with van der Waals surface area (Å²) in [7, 11) is -4.80. The molecule has 0 saturated heterocycles. The summed E-state index contributed by atoms with van der Waals surface area (Å²) in [5.41, 5.74) is 0.596. The molecule has 0 aliphatic rings. The summed E-state index contributed by atoms with van der Waals surface area (Å²) in [6.07, 6.45) is 1.57. The quantitative estimate of drug-likeness (QED) is 0.0562. The molecular weight excluding hydrogens is 626 g/mol. The number of nitrogens with one attached hydrogen (secondary N) is 1. The number of hydrogen-bond donors (Lipinski definition) is 2. The van der Waals surface area contributed by atoms with Crippen molar-refractivity contribution in [3.63, 3.8) is 0 Å². The van der Waals surface area contributed by atoms with Crippen LogP contribution in [0.15, 0.2) is 120 Å². The molecule has 0 radical (unpaired) electrons. The van der Waals surface area contributed by atoms with E-state index in [4.69, 9.17) is 0 Å². The number of aromatic nitrogens is 2. The maximum absolute atomic E-state index is 12.6. The minimum atomic E-state index is -4.80. The van der Waals surface area contributed by atoms with Crippen LogP contribution < -0.4 is 48.5 Å². The summed E-state index contributed by atoms with van der Waals surface area (Å²) in [5, 5.41) is 43.1. The minimum Gasteiger partial charge on any atom is -0.744 e. The van der Waals surface area contributed by atoms with E-state index in [9.17, 15) is 28.1 Å². The molecule has 2 heterocycles. The molecule has 0 aliphatic carbocycles. The smallest absolute Gasteiger partial charge is 0.744 e. The summed E-state index contributed by atoms with van der Waals surface area (Å²) < 4.78 is 38.7. The summed E-state index contributed by atoms with van der Waals surface area (Å²) in [6.45, 7) is 0. The van der Waals surface area contributed by atoms with Crippen molar-refractivity contribution in [3.05, 3.63) is 95.4 Å². The third-order valence-corrected chi connectivity index (χ3v) is 7.83. The number of H-pyrrole nitrogens is 1. The molecule has 0 bridgehead atoms. The molecule has 0 fully saturated rings. The van der Waals surface area contributed by atoms with E-state index in [0.717, 1.165) is 34.9 Å². The number of nitrogens with zero attached hydrogens (tertiary/aromatic N) is 5. The molecule has 2 aromatic heterocycles. The minimum absolute atomic E-state index is 0. The van der Waals surface area contributed by atoms with Crippen molar-refractivity contribution in [1.82, 2.24) is 9.97 Å². The maximum atomic E-state index is 12.6. The molecular formula is C28H16Li2N6O8S2. The van der Waals surface area contributed by atoms with Gasteiger partial charge < -0.3 is 19.9 Å². The van der Waals surface area contributed by atoms with Gasteiger partial charge in [-0.3, -0.25) is 14.8 Å². The fraction of sp³-hybridized carbons (Fsp3) is 0. The van der Waals surface area contributed by atoms with Gasteiger partial charge in [0, 0.05) is 21.9 Å². The average molecular weight is 642 g/mol. The van der Waals surface area contributed by atoms with Crippen LogP contribution in [-0.2, 0) is 19.5 Å². The fourth-order valence-electron chi connectivity index (χ4n) is 4.40. The predicted molar refractivity (Wildman–Crippen MR) is 156 cm³/mol. The Morgan fingerprint density at radius 3 is 2.37 bits per heavy atom. The Balaban J connectivity index is 0.00000240. The molecule has 220 valence electrons. The van der Waals surface area contributed by atoms with Crippen molar-refractivity contribution >= 4 is 77.5 Å². The van der Waals surface area contributed by atoms with Gasteiger partial charge in [0.05, 0.1) is 39.3 Å². The van der Waals surface area contributed by atoms with Crippen molar-refractivity contribution in [2.24, 2.45) is 20.5 Å². The van der Waals surface area contributed by atoms with Crippen LogP contribution in [0.5, 0.6) is 5.75 Å². The first-order chi connectivity index (χ1) is 21.2. The van der Waals surface area contributed by atoms with Gasteiger partial charge in [0.25, 0.3) is 5.56 Å². The summed E-state index contributed by atoms with van der Waals surface area (Å²) in [6, 6.07) is 20.7. The van der Waals surface area contributed by atoms with E-state index in [2.05, 4.69) is 39.8 Å². The van der Waals surface area contributed by atoms with E-state index in [-0.39, 0.29) is 48.6 Å². The fourth-order valence-corrected chi connectivity index (χ4v) is 5.30.